The van der Waals surface area contributed by atoms with Crippen LogP contribution >= 0.6 is 11.3 Å². The molecule has 1 aromatic heterocycles. The Labute approximate surface area is 172 Å². The average Bonchev–Trinajstić information content (AvgIpc) is 3.21. The summed E-state index contributed by atoms with van der Waals surface area (Å²) in [6.07, 6.45) is -1.04. The molecule has 0 aliphatic carbocycles. The predicted molar refractivity (Wildman–Crippen MR) is 112 cm³/mol. The molecule has 7 heteroatoms. The Morgan fingerprint density at radius 1 is 1.00 bits per heavy atom. The molecule has 1 atom stereocenters. The summed E-state index contributed by atoms with van der Waals surface area (Å²) in [6, 6.07) is 18.3. The number of amides is 1. The van der Waals surface area contributed by atoms with Gasteiger partial charge in [-0.2, -0.15) is 0 Å². The van der Waals surface area contributed by atoms with E-state index < -0.39 is 18.0 Å². The van der Waals surface area contributed by atoms with Crippen LogP contribution < -0.4 is 5.32 Å². The Bertz CT molecular complexity index is 986. The molecule has 1 N–H and O–H groups in total. The number of ether oxygens (including phenoxy) is 1. The lowest BCUT2D eigenvalue weighted by Crippen LogP contribution is -2.30. The lowest BCUT2D eigenvalue weighted by atomic mass is 10.1. The van der Waals surface area contributed by atoms with Crippen LogP contribution in [0.3, 0.4) is 0 Å². The van der Waals surface area contributed by atoms with E-state index in [-0.39, 0.29) is 18.6 Å². The van der Waals surface area contributed by atoms with Gasteiger partial charge in [-0.15, -0.1) is 11.3 Å². The number of aromatic nitrogens is 1. The highest BCUT2D eigenvalue weighted by molar-refractivity contribution is 7.14. The first-order chi connectivity index (χ1) is 14.0. The molecule has 0 fully saturated rings. The van der Waals surface area contributed by atoms with E-state index in [1.54, 1.807) is 24.3 Å². The van der Waals surface area contributed by atoms with Crippen molar-refractivity contribution in [2.75, 3.05) is 5.32 Å². The van der Waals surface area contributed by atoms with Gasteiger partial charge in [0, 0.05) is 22.9 Å². The van der Waals surface area contributed by atoms with Crippen LogP contribution in [0.25, 0.3) is 11.3 Å². The van der Waals surface area contributed by atoms with Crippen LogP contribution in [0.5, 0.6) is 0 Å². The summed E-state index contributed by atoms with van der Waals surface area (Å²) in [5, 5.41) is 4.92. The Balaban J connectivity index is 1.47. The van der Waals surface area contributed by atoms with Crippen LogP contribution in [0, 0.1) is 0 Å². The van der Waals surface area contributed by atoms with Crippen molar-refractivity contribution in [3.63, 3.8) is 0 Å². The maximum Gasteiger partial charge on any atom is 0.307 e. The van der Waals surface area contributed by atoms with Gasteiger partial charge < -0.3 is 4.74 Å². The number of carbonyl (C=O) groups is 3. The van der Waals surface area contributed by atoms with E-state index in [2.05, 4.69) is 10.3 Å². The number of rotatable bonds is 8. The van der Waals surface area contributed by atoms with Crippen LogP contribution in [-0.4, -0.2) is 28.7 Å². The standard InChI is InChI=1S/C22H20N2O4S/c1-15(28-20(26)13-12-19(25)17-10-6-3-7-11-17)21(27)24-22-23-18(14-29-22)16-8-4-2-5-9-16/h2-11,14-15H,12-13H2,1H3,(H,23,24,27). The second kappa shape index (κ2) is 9.75. The van der Waals surface area contributed by atoms with Crippen LogP contribution in [0.1, 0.15) is 30.1 Å². The molecule has 1 heterocycles. The number of esters is 1. The Kier molecular flexibility index (Phi) is 6.86. The third-order valence-electron chi connectivity index (χ3n) is 4.13. The summed E-state index contributed by atoms with van der Waals surface area (Å²) < 4.78 is 5.14. The normalized spacial score (nSPS) is 11.5. The third kappa shape index (κ3) is 5.83. The van der Waals surface area contributed by atoms with Crippen molar-refractivity contribution >= 4 is 34.1 Å². The first-order valence-electron chi connectivity index (χ1n) is 9.12. The topological polar surface area (TPSA) is 85.4 Å². The van der Waals surface area contributed by atoms with Gasteiger partial charge in [-0.3, -0.25) is 19.7 Å². The molecule has 3 rings (SSSR count). The van der Waals surface area contributed by atoms with E-state index in [1.165, 1.54) is 18.3 Å². The molecular weight excluding hydrogens is 388 g/mol. The maximum atomic E-state index is 12.3. The lowest BCUT2D eigenvalue weighted by molar-refractivity contribution is -0.153. The summed E-state index contributed by atoms with van der Waals surface area (Å²) >= 11 is 1.29. The molecule has 29 heavy (non-hydrogen) atoms. The SMILES string of the molecule is CC(OC(=O)CCC(=O)c1ccccc1)C(=O)Nc1nc(-c2ccccc2)cs1. The van der Waals surface area contributed by atoms with E-state index in [9.17, 15) is 14.4 Å². The zero-order chi connectivity index (χ0) is 20.6. The van der Waals surface area contributed by atoms with Gasteiger partial charge in [0.2, 0.25) is 0 Å². The largest absolute Gasteiger partial charge is 0.453 e. The number of nitrogens with zero attached hydrogens (tertiary/aromatic N) is 1. The molecule has 148 valence electrons. The number of hydrogen-bond donors (Lipinski definition) is 1. The molecule has 2 aromatic carbocycles. The second-order valence-corrected chi connectivity index (χ2v) is 7.17. The minimum absolute atomic E-state index is 0.0318. The van der Waals surface area contributed by atoms with Gasteiger partial charge in [-0.05, 0) is 6.92 Å². The molecule has 3 aromatic rings. The highest BCUT2D eigenvalue weighted by Crippen LogP contribution is 2.24. The molecule has 0 saturated heterocycles. The minimum atomic E-state index is -0.988. The van der Waals surface area contributed by atoms with Crippen molar-refractivity contribution in [3.05, 3.63) is 71.6 Å². The van der Waals surface area contributed by atoms with Gasteiger partial charge >= 0.3 is 5.97 Å². The van der Waals surface area contributed by atoms with Crippen LogP contribution in [0.4, 0.5) is 5.13 Å². The third-order valence-corrected chi connectivity index (χ3v) is 4.89. The number of anilines is 1. The minimum Gasteiger partial charge on any atom is -0.453 e. The fraction of sp³-hybridized carbons (Fsp3) is 0.182. The summed E-state index contributed by atoms with van der Waals surface area (Å²) in [5.74, 6) is -1.21. The number of carbonyl (C=O) groups excluding carboxylic acids is 3. The second-order valence-electron chi connectivity index (χ2n) is 6.31. The smallest absolute Gasteiger partial charge is 0.307 e. The van der Waals surface area contributed by atoms with Crippen LogP contribution in [-0.2, 0) is 14.3 Å². The number of Topliss-reactive ketones (excluding diaryl/α,β-unsaturated/α-hetero) is 1. The fourth-order valence-electron chi connectivity index (χ4n) is 2.57. The van der Waals surface area contributed by atoms with E-state index in [1.807, 2.05) is 41.8 Å². The Morgan fingerprint density at radius 3 is 2.34 bits per heavy atom. The Morgan fingerprint density at radius 2 is 1.66 bits per heavy atom. The lowest BCUT2D eigenvalue weighted by Gasteiger charge is -2.12. The molecule has 1 amide bonds. The highest BCUT2D eigenvalue weighted by atomic mass is 32.1. The predicted octanol–water partition coefficient (Wildman–Crippen LogP) is 4.34. The molecular formula is C22H20N2O4S. The van der Waals surface area contributed by atoms with Gasteiger partial charge in [-0.25, -0.2) is 4.98 Å². The summed E-state index contributed by atoms with van der Waals surface area (Å²) in [7, 11) is 0. The van der Waals surface area contributed by atoms with E-state index in [4.69, 9.17) is 4.74 Å². The highest BCUT2D eigenvalue weighted by Gasteiger charge is 2.20. The van der Waals surface area contributed by atoms with Gasteiger partial charge in [0.05, 0.1) is 12.1 Å². The molecule has 6 nitrogen and oxygen atoms in total. The number of benzene rings is 2. The van der Waals surface area contributed by atoms with Crippen molar-refractivity contribution in [2.24, 2.45) is 0 Å². The van der Waals surface area contributed by atoms with Crippen LogP contribution in [0.2, 0.25) is 0 Å². The van der Waals surface area contributed by atoms with Crippen molar-refractivity contribution in [3.8, 4) is 11.3 Å². The van der Waals surface area contributed by atoms with Crippen LogP contribution in [0.15, 0.2) is 66.0 Å². The molecule has 0 aliphatic heterocycles. The van der Waals surface area contributed by atoms with E-state index in [0.717, 1.165) is 11.3 Å². The van der Waals surface area contributed by atoms with Crippen molar-refractivity contribution in [1.29, 1.82) is 0 Å². The number of thiazole rings is 1. The van der Waals surface area contributed by atoms with Gasteiger partial charge in [0.1, 0.15) is 0 Å². The summed E-state index contributed by atoms with van der Waals surface area (Å²) in [5.41, 5.74) is 2.26. The summed E-state index contributed by atoms with van der Waals surface area (Å²) in [4.78, 5) is 40.6. The first-order valence-corrected chi connectivity index (χ1v) is 10.0. The fourth-order valence-corrected chi connectivity index (χ4v) is 3.30. The van der Waals surface area contributed by atoms with Crippen molar-refractivity contribution in [2.45, 2.75) is 25.9 Å². The van der Waals surface area contributed by atoms with Crippen molar-refractivity contribution < 1.29 is 19.1 Å². The first kappa shape index (κ1) is 20.4. The quantitative estimate of drug-likeness (QED) is 0.443. The van der Waals surface area contributed by atoms with Crippen molar-refractivity contribution in [1.82, 2.24) is 4.98 Å². The molecule has 0 bridgehead atoms. The van der Waals surface area contributed by atoms with E-state index in [0.29, 0.717) is 10.7 Å². The molecule has 0 radical (unpaired) electrons. The Hall–Kier alpha value is -3.32. The molecule has 1 unspecified atom stereocenters. The van der Waals surface area contributed by atoms with Gasteiger partial charge in [0.15, 0.2) is 17.0 Å². The van der Waals surface area contributed by atoms with Gasteiger partial charge in [0.25, 0.3) is 5.91 Å². The number of hydrogen-bond acceptors (Lipinski definition) is 6. The van der Waals surface area contributed by atoms with Gasteiger partial charge in [-0.1, -0.05) is 60.7 Å². The zero-order valence-corrected chi connectivity index (χ0v) is 16.6. The molecule has 0 spiro atoms. The van der Waals surface area contributed by atoms with E-state index >= 15 is 0 Å². The molecule has 0 aliphatic rings. The maximum absolute atomic E-state index is 12.3. The number of ketones is 1. The zero-order valence-electron chi connectivity index (χ0n) is 15.8. The monoisotopic (exact) mass is 408 g/mol. The summed E-state index contributed by atoms with van der Waals surface area (Å²) in [6.45, 7) is 1.48. The number of nitrogens with one attached hydrogen (secondary N) is 1. The average molecular weight is 408 g/mol. The molecule has 0 saturated carbocycles.